The number of sulfonamides is 1. The molecule has 0 radical (unpaired) electrons. The Labute approximate surface area is 123 Å². The van der Waals surface area contributed by atoms with E-state index in [0.717, 1.165) is 31.2 Å². The van der Waals surface area contributed by atoms with Crippen LogP contribution in [0.3, 0.4) is 0 Å². The van der Waals surface area contributed by atoms with E-state index in [0.29, 0.717) is 17.4 Å². The Balaban J connectivity index is 2.38. The van der Waals surface area contributed by atoms with Crippen molar-refractivity contribution in [1.82, 2.24) is 4.31 Å². The zero-order valence-corrected chi connectivity index (χ0v) is 13.5. The molecule has 0 saturated heterocycles. The molecule has 1 aromatic carbocycles. The zero-order valence-electron chi connectivity index (χ0n) is 12.7. The molecule has 0 bridgehead atoms. The Bertz CT molecular complexity index is 545. The molecule has 0 unspecified atom stereocenters. The fourth-order valence-electron chi connectivity index (χ4n) is 2.97. The predicted molar refractivity (Wildman–Crippen MR) is 82.2 cm³/mol. The summed E-state index contributed by atoms with van der Waals surface area (Å²) < 4.78 is 27.8. The quantitative estimate of drug-likeness (QED) is 0.832. The van der Waals surface area contributed by atoms with Gasteiger partial charge in [-0.2, -0.15) is 4.31 Å². The Morgan fingerprint density at radius 1 is 1.20 bits per heavy atom. The smallest absolute Gasteiger partial charge is 0.207 e. The van der Waals surface area contributed by atoms with E-state index in [1.807, 2.05) is 25.1 Å². The Hall–Kier alpha value is -0.870. The van der Waals surface area contributed by atoms with Crippen molar-refractivity contribution in [2.75, 3.05) is 6.54 Å². The summed E-state index contributed by atoms with van der Waals surface area (Å²) in [4.78, 5) is 0.465. The third kappa shape index (κ3) is 3.23. The molecule has 0 N–H and O–H groups in total. The maximum atomic E-state index is 13.0. The molecule has 0 heterocycles. The molecule has 1 aromatic rings. The van der Waals surface area contributed by atoms with E-state index in [-0.39, 0.29) is 6.04 Å². The highest BCUT2D eigenvalue weighted by atomic mass is 32.2. The highest BCUT2D eigenvalue weighted by Gasteiger charge is 2.34. The summed E-state index contributed by atoms with van der Waals surface area (Å²) in [5.74, 6) is 0.342. The van der Waals surface area contributed by atoms with Gasteiger partial charge in [0, 0.05) is 12.6 Å². The van der Waals surface area contributed by atoms with Gasteiger partial charge in [0.15, 0.2) is 0 Å². The number of hydrogen-bond acceptors (Lipinski definition) is 2. The highest BCUT2D eigenvalue weighted by Crippen LogP contribution is 2.30. The largest absolute Gasteiger partial charge is 0.243 e. The van der Waals surface area contributed by atoms with Crippen molar-refractivity contribution in [2.24, 2.45) is 5.92 Å². The van der Waals surface area contributed by atoms with Gasteiger partial charge >= 0.3 is 0 Å². The lowest BCUT2D eigenvalue weighted by Gasteiger charge is -2.30. The number of nitrogens with zero attached hydrogens (tertiary/aromatic N) is 1. The van der Waals surface area contributed by atoms with Crippen molar-refractivity contribution < 1.29 is 8.42 Å². The van der Waals surface area contributed by atoms with Gasteiger partial charge in [-0.3, -0.25) is 0 Å². The lowest BCUT2D eigenvalue weighted by atomic mass is 10.2. The molecule has 0 amide bonds. The van der Waals surface area contributed by atoms with Crippen LogP contribution in [0.4, 0.5) is 0 Å². The fraction of sp³-hybridized carbons (Fsp3) is 0.625. The molecular weight excluding hydrogens is 270 g/mol. The van der Waals surface area contributed by atoms with Gasteiger partial charge in [-0.1, -0.05) is 44.9 Å². The maximum absolute atomic E-state index is 13.0. The molecule has 20 heavy (non-hydrogen) atoms. The normalized spacial score (nSPS) is 17.2. The third-order valence-corrected chi connectivity index (χ3v) is 6.04. The average Bonchev–Trinajstić information content (AvgIpc) is 2.89. The van der Waals surface area contributed by atoms with Gasteiger partial charge in [0.1, 0.15) is 0 Å². The predicted octanol–water partition coefficient (Wildman–Crippen LogP) is 3.58. The highest BCUT2D eigenvalue weighted by molar-refractivity contribution is 7.89. The molecule has 1 fully saturated rings. The van der Waals surface area contributed by atoms with Crippen LogP contribution in [-0.2, 0) is 10.0 Å². The first-order valence-electron chi connectivity index (χ1n) is 7.50. The van der Waals surface area contributed by atoms with Crippen LogP contribution in [0.2, 0.25) is 0 Å². The molecule has 112 valence electrons. The maximum Gasteiger partial charge on any atom is 0.243 e. The average molecular weight is 295 g/mol. The molecule has 2 rings (SSSR count). The standard InChI is InChI=1S/C16H25NO2S/c1-13(2)12-17(15-9-5-6-10-15)20(18,19)16-11-7-4-8-14(16)3/h4,7-8,11,13,15H,5-6,9-10,12H2,1-3H3. The van der Waals surface area contributed by atoms with Crippen molar-refractivity contribution in [3.05, 3.63) is 29.8 Å². The van der Waals surface area contributed by atoms with Crippen LogP contribution in [0, 0.1) is 12.8 Å². The second-order valence-corrected chi connectivity index (χ2v) is 8.03. The van der Waals surface area contributed by atoms with Crippen LogP contribution in [0.15, 0.2) is 29.2 Å². The van der Waals surface area contributed by atoms with Crippen molar-refractivity contribution in [3.63, 3.8) is 0 Å². The first kappa shape index (κ1) is 15.5. The van der Waals surface area contributed by atoms with E-state index >= 15 is 0 Å². The van der Waals surface area contributed by atoms with Crippen molar-refractivity contribution >= 4 is 10.0 Å². The van der Waals surface area contributed by atoms with Crippen molar-refractivity contribution in [1.29, 1.82) is 0 Å². The molecule has 1 aliphatic carbocycles. The van der Waals surface area contributed by atoms with Gasteiger partial charge in [0.25, 0.3) is 0 Å². The lowest BCUT2D eigenvalue weighted by Crippen LogP contribution is -2.41. The fourth-order valence-corrected chi connectivity index (χ4v) is 5.04. The van der Waals surface area contributed by atoms with Gasteiger partial charge in [0.2, 0.25) is 10.0 Å². The van der Waals surface area contributed by atoms with Crippen LogP contribution in [-0.4, -0.2) is 25.3 Å². The monoisotopic (exact) mass is 295 g/mol. The molecule has 1 aliphatic rings. The number of benzene rings is 1. The molecule has 3 nitrogen and oxygen atoms in total. The lowest BCUT2D eigenvalue weighted by molar-refractivity contribution is 0.292. The second-order valence-electron chi connectivity index (χ2n) is 6.17. The second kappa shape index (κ2) is 6.27. The van der Waals surface area contributed by atoms with Gasteiger partial charge in [-0.15, -0.1) is 0 Å². The zero-order chi connectivity index (χ0) is 14.8. The number of aryl methyl sites for hydroxylation is 1. The summed E-state index contributed by atoms with van der Waals surface area (Å²) in [6.45, 7) is 6.64. The van der Waals surface area contributed by atoms with E-state index in [1.165, 1.54) is 0 Å². The summed E-state index contributed by atoms with van der Waals surface area (Å²) in [6, 6.07) is 7.47. The summed E-state index contributed by atoms with van der Waals surface area (Å²) in [6.07, 6.45) is 4.28. The Morgan fingerprint density at radius 2 is 1.80 bits per heavy atom. The molecule has 0 aliphatic heterocycles. The van der Waals surface area contributed by atoms with Crippen LogP contribution >= 0.6 is 0 Å². The summed E-state index contributed by atoms with van der Waals surface area (Å²) >= 11 is 0. The first-order chi connectivity index (χ1) is 9.43. The van der Waals surface area contributed by atoms with Crippen molar-refractivity contribution in [2.45, 2.75) is 57.4 Å². The Kier molecular flexibility index (Phi) is 4.86. The van der Waals surface area contributed by atoms with E-state index < -0.39 is 10.0 Å². The van der Waals surface area contributed by atoms with Gasteiger partial charge < -0.3 is 0 Å². The van der Waals surface area contributed by atoms with E-state index in [2.05, 4.69) is 13.8 Å². The molecular formula is C16H25NO2S. The first-order valence-corrected chi connectivity index (χ1v) is 8.94. The molecule has 1 saturated carbocycles. The van der Waals surface area contributed by atoms with Crippen LogP contribution in [0.25, 0.3) is 0 Å². The van der Waals surface area contributed by atoms with Crippen molar-refractivity contribution in [3.8, 4) is 0 Å². The van der Waals surface area contributed by atoms with Gasteiger partial charge in [-0.05, 0) is 37.3 Å². The van der Waals surface area contributed by atoms with Crippen LogP contribution in [0.5, 0.6) is 0 Å². The molecule has 0 atom stereocenters. The van der Waals surface area contributed by atoms with Gasteiger partial charge in [-0.25, -0.2) is 8.42 Å². The van der Waals surface area contributed by atoms with E-state index in [9.17, 15) is 8.42 Å². The topological polar surface area (TPSA) is 37.4 Å². The SMILES string of the molecule is Cc1ccccc1S(=O)(=O)N(CC(C)C)C1CCCC1. The summed E-state index contributed by atoms with van der Waals surface area (Å²) in [7, 11) is -3.38. The van der Waals surface area contributed by atoms with E-state index in [4.69, 9.17) is 0 Å². The number of rotatable bonds is 5. The summed E-state index contributed by atoms with van der Waals surface area (Å²) in [5.41, 5.74) is 0.833. The minimum atomic E-state index is -3.38. The minimum Gasteiger partial charge on any atom is -0.207 e. The van der Waals surface area contributed by atoms with Gasteiger partial charge in [0.05, 0.1) is 4.90 Å². The Morgan fingerprint density at radius 3 is 2.35 bits per heavy atom. The molecule has 0 spiro atoms. The summed E-state index contributed by atoms with van der Waals surface area (Å²) in [5, 5.41) is 0. The molecule has 0 aromatic heterocycles. The van der Waals surface area contributed by atoms with Crippen LogP contribution < -0.4 is 0 Å². The molecule has 4 heteroatoms. The third-order valence-electron chi connectivity index (χ3n) is 3.96. The van der Waals surface area contributed by atoms with Crippen LogP contribution in [0.1, 0.15) is 45.1 Å². The minimum absolute atomic E-state index is 0.182. The number of hydrogen-bond donors (Lipinski definition) is 0. The van der Waals surface area contributed by atoms with E-state index in [1.54, 1.807) is 10.4 Å².